The van der Waals surface area contributed by atoms with Crippen LogP contribution in [0, 0.1) is 11.8 Å². The van der Waals surface area contributed by atoms with Crippen LogP contribution in [0.3, 0.4) is 0 Å². The fourth-order valence-electron chi connectivity index (χ4n) is 2.80. The smallest absolute Gasteiger partial charge is 0.224 e. The largest absolute Gasteiger partial charge is 0.378 e. The number of hydrogen-bond acceptors (Lipinski definition) is 3. The molecule has 2 rings (SSSR count). The van der Waals surface area contributed by atoms with E-state index in [1.54, 1.807) is 0 Å². The predicted molar refractivity (Wildman–Crippen MR) is 66.7 cm³/mol. The van der Waals surface area contributed by atoms with E-state index in [4.69, 9.17) is 4.74 Å². The third-order valence-corrected chi connectivity index (χ3v) is 3.77. The van der Waals surface area contributed by atoms with E-state index in [0.29, 0.717) is 12.0 Å². The van der Waals surface area contributed by atoms with Crippen LogP contribution in [-0.4, -0.2) is 37.7 Å². The average molecular weight is 240 g/mol. The first-order valence-electron chi connectivity index (χ1n) is 6.78. The maximum atomic E-state index is 12.1. The molecule has 17 heavy (non-hydrogen) atoms. The molecule has 0 aromatic heterocycles. The molecule has 2 aliphatic heterocycles. The van der Waals surface area contributed by atoms with Crippen molar-refractivity contribution < 1.29 is 9.53 Å². The van der Waals surface area contributed by atoms with Crippen LogP contribution in [0.2, 0.25) is 0 Å². The van der Waals surface area contributed by atoms with Crippen molar-refractivity contribution >= 4 is 5.91 Å². The molecule has 2 saturated heterocycles. The Kier molecular flexibility index (Phi) is 4.40. The Balaban J connectivity index is 1.79. The zero-order chi connectivity index (χ0) is 12.3. The van der Waals surface area contributed by atoms with Crippen molar-refractivity contribution in [3.8, 4) is 0 Å². The Labute approximate surface area is 103 Å². The van der Waals surface area contributed by atoms with E-state index in [-0.39, 0.29) is 17.9 Å². The van der Waals surface area contributed by atoms with Crippen molar-refractivity contribution in [1.82, 2.24) is 10.6 Å². The number of hydrogen-bond donors (Lipinski definition) is 2. The van der Waals surface area contributed by atoms with Gasteiger partial charge in [-0.1, -0.05) is 6.92 Å². The van der Waals surface area contributed by atoms with Crippen molar-refractivity contribution in [2.45, 2.75) is 45.3 Å². The van der Waals surface area contributed by atoms with Crippen LogP contribution in [0.15, 0.2) is 0 Å². The molecule has 4 nitrogen and oxygen atoms in total. The van der Waals surface area contributed by atoms with Gasteiger partial charge in [-0.05, 0) is 38.6 Å². The zero-order valence-electron chi connectivity index (χ0n) is 10.9. The second-order valence-corrected chi connectivity index (χ2v) is 5.61. The third-order valence-electron chi connectivity index (χ3n) is 3.77. The summed E-state index contributed by atoms with van der Waals surface area (Å²) in [7, 11) is 0. The minimum atomic E-state index is 0.150. The molecule has 4 unspecified atom stereocenters. The van der Waals surface area contributed by atoms with Gasteiger partial charge in [0.15, 0.2) is 0 Å². The fraction of sp³-hybridized carbons (Fsp3) is 0.923. The number of ether oxygens (including phenoxy) is 1. The second-order valence-electron chi connectivity index (χ2n) is 5.61. The Morgan fingerprint density at radius 3 is 2.82 bits per heavy atom. The van der Waals surface area contributed by atoms with Gasteiger partial charge < -0.3 is 15.4 Å². The lowest BCUT2D eigenvalue weighted by atomic mass is 9.90. The topological polar surface area (TPSA) is 50.4 Å². The number of nitrogens with one attached hydrogen (secondary N) is 2. The molecule has 4 heteroatoms. The number of carbonyl (C=O) groups excluding carboxylic acids is 1. The van der Waals surface area contributed by atoms with Gasteiger partial charge in [-0.15, -0.1) is 0 Å². The van der Waals surface area contributed by atoms with E-state index in [0.717, 1.165) is 39.0 Å². The lowest BCUT2D eigenvalue weighted by Crippen LogP contribution is -2.48. The Morgan fingerprint density at radius 1 is 1.29 bits per heavy atom. The van der Waals surface area contributed by atoms with E-state index in [1.807, 2.05) is 0 Å². The number of rotatable bonds is 2. The highest BCUT2D eigenvalue weighted by Gasteiger charge is 2.28. The van der Waals surface area contributed by atoms with Gasteiger partial charge in [0.1, 0.15) is 0 Å². The molecular weight excluding hydrogens is 216 g/mol. The van der Waals surface area contributed by atoms with E-state index < -0.39 is 0 Å². The molecule has 2 N–H and O–H groups in total. The summed E-state index contributed by atoms with van der Waals surface area (Å²) in [6.45, 7) is 6.91. The summed E-state index contributed by atoms with van der Waals surface area (Å²) in [5, 5.41) is 6.51. The van der Waals surface area contributed by atoms with E-state index >= 15 is 0 Å². The van der Waals surface area contributed by atoms with Crippen LogP contribution < -0.4 is 10.6 Å². The van der Waals surface area contributed by atoms with Crippen LogP contribution in [0.4, 0.5) is 0 Å². The minimum Gasteiger partial charge on any atom is -0.378 e. The van der Waals surface area contributed by atoms with Gasteiger partial charge in [0.25, 0.3) is 0 Å². The molecule has 0 aromatic carbocycles. The number of carbonyl (C=O) groups is 1. The standard InChI is InChI=1S/C13H24N2O2/c1-9-5-11(8-14-7-9)13(16)15-12-3-4-17-10(2)6-12/h9-12,14H,3-8H2,1-2H3,(H,15,16). The molecule has 0 aliphatic carbocycles. The summed E-state index contributed by atoms with van der Waals surface area (Å²) in [5.41, 5.74) is 0. The summed E-state index contributed by atoms with van der Waals surface area (Å²) in [6, 6.07) is 0.309. The van der Waals surface area contributed by atoms with Crippen LogP contribution in [-0.2, 0) is 9.53 Å². The summed E-state index contributed by atoms with van der Waals surface area (Å²) in [5.74, 6) is 0.980. The normalized spacial score (nSPS) is 38.7. The Morgan fingerprint density at radius 2 is 2.12 bits per heavy atom. The lowest BCUT2D eigenvalue weighted by molar-refractivity contribution is -0.127. The molecule has 1 amide bonds. The SMILES string of the molecule is CC1CNCC(C(=O)NC2CCOC(C)C2)C1. The van der Waals surface area contributed by atoms with E-state index in [2.05, 4.69) is 24.5 Å². The lowest BCUT2D eigenvalue weighted by Gasteiger charge is -2.31. The highest BCUT2D eigenvalue weighted by molar-refractivity contribution is 5.79. The molecule has 0 saturated carbocycles. The van der Waals surface area contributed by atoms with Gasteiger partial charge >= 0.3 is 0 Å². The molecule has 2 heterocycles. The minimum absolute atomic E-state index is 0.150. The maximum absolute atomic E-state index is 12.1. The first-order valence-corrected chi connectivity index (χ1v) is 6.78. The molecule has 0 spiro atoms. The van der Waals surface area contributed by atoms with E-state index in [9.17, 15) is 4.79 Å². The Hall–Kier alpha value is -0.610. The van der Waals surface area contributed by atoms with Crippen molar-refractivity contribution in [2.75, 3.05) is 19.7 Å². The third kappa shape index (κ3) is 3.68. The van der Waals surface area contributed by atoms with Gasteiger partial charge in [-0.25, -0.2) is 0 Å². The molecule has 2 aliphatic rings. The average Bonchev–Trinajstić information content (AvgIpc) is 2.29. The number of piperidine rings is 1. The van der Waals surface area contributed by atoms with Gasteiger partial charge in [-0.3, -0.25) is 4.79 Å². The van der Waals surface area contributed by atoms with Gasteiger partial charge in [0.2, 0.25) is 5.91 Å². The van der Waals surface area contributed by atoms with Gasteiger partial charge in [-0.2, -0.15) is 0 Å². The number of amides is 1. The van der Waals surface area contributed by atoms with Crippen LogP contribution in [0.1, 0.15) is 33.1 Å². The molecule has 0 aromatic rings. The predicted octanol–water partition coefficient (Wildman–Crippen LogP) is 0.916. The van der Waals surface area contributed by atoms with Crippen molar-refractivity contribution in [1.29, 1.82) is 0 Å². The van der Waals surface area contributed by atoms with Crippen LogP contribution in [0.25, 0.3) is 0 Å². The van der Waals surface area contributed by atoms with Crippen LogP contribution in [0.5, 0.6) is 0 Å². The summed E-state index contributed by atoms with van der Waals surface area (Å²) in [6.07, 6.45) is 3.18. The van der Waals surface area contributed by atoms with Crippen molar-refractivity contribution in [2.24, 2.45) is 11.8 Å². The van der Waals surface area contributed by atoms with Gasteiger partial charge in [0, 0.05) is 19.2 Å². The quantitative estimate of drug-likeness (QED) is 0.754. The van der Waals surface area contributed by atoms with Crippen molar-refractivity contribution in [3.05, 3.63) is 0 Å². The molecule has 4 atom stereocenters. The summed E-state index contributed by atoms with van der Waals surface area (Å²) in [4.78, 5) is 12.1. The highest BCUT2D eigenvalue weighted by atomic mass is 16.5. The van der Waals surface area contributed by atoms with E-state index in [1.165, 1.54) is 0 Å². The van der Waals surface area contributed by atoms with Gasteiger partial charge in [0.05, 0.1) is 12.0 Å². The molecule has 2 fully saturated rings. The summed E-state index contributed by atoms with van der Waals surface area (Å²) >= 11 is 0. The molecule has 0 bridgehead atoms. The maximum Gasteiger partial charge on any atom is 0.224 e. The van der Waals surface area contributed by atoms with Crippen LogP contribution >= 0.6 is 0 Å². The van der Waals surface area contributed by atoms with Crippen molar-refractivity contribution in [3.63, 3.8) is 0 Å². The second kappa shape index (κ2) is 5.83. The molecule has 98 valence electrons. The fourth-order valence-corrected chi connectivity index (χ4v) is 2.80. The zero-order valence-corrected chi connectivity index (χ0v) is 10.9. The first-order chi connectivity index (χ1) is 8.15. The first kappa shape index (κ1) is 12.8. The Bertz CT molecular complexity index is 270. The summed E-state index contributed by atoms with van der Waals surface area (Å²) < 4.78 is 5.49. The molecule has 0 radical (unpaired) electrons. The highest BCUT2D eigenvalue weighted by Crippen LogP contribution is 2.18. The monoisotopic (exact) mass is 240 g/mol. The molecular formula is C13H24N2O2.